The Balaban J connectivity index is 1.95. The molecule has 0 radical (unpaired) electrons. The number of rotatable bonds is 4. The molecule has 0 saturated heterocycles. The first-order valence-electron chi connectivity index (χ1n) is 5.37. The average Bonchev–Trinajstić information content (AvgIpc) is 2.83. The molecule has 3 heteroatoms. The van der Waals surface area contributed by atoms with Gasteiger partial charge in [-0.15, -0.1) is 0 Å². The van der Waals surface area contributed by atoms with E-state index in [2.05, 4.69) is 0 Å². The van der Waals surface area contributed by atoms with Crippen LogP contribution in [0.5, 0.6) is 0 Å². The molecular formula is C14H14O2S. The van der Waals surface area contributed by atoms with Crippen molar-refractivity contribution in [2.75, 3.05) is 0 Å². The molecule has 2 nitrogen and oxygen atoms in total. The fourth-order valence-electron chi connectivity index (χ4n) is 1.42. The van der Waals surface area contributed by atoms with Gasteiger partial charge in [0.15, 0.2) is 0 Å². The second-order valence-corrected chi connectivity index (χ2v) is 5.19. The Hall–Kier alpha value is -1.61. The molecule has 0 amide bonds. The van der Waals surface area contributed by atoms with E-state index in [1.807, 2.05) is 43.3 Å². The molecule has 1 atom stereocenters. The molecule has 0 aliphatic rings. The van der Waals surface area contributed by atoms with Gasteiger partial charge in [0.25, 0.3) is 0 Å². The molecule has 1 aromatic carbocycles. The van der Waals surface area contributed by atoms with Gasteiger partial charge in [0.05, 0.1) is 29.1 Å². The number of benzene rings is 1. The van der Waals surface area contributed by atoms with Gasteiger partial charge in [-0.1, -0.05) is 29.8 Å². The second kappa shape index (κ2) is 5.64. The number of aryl methyl sites for hydroxylation is 1. The minimum Gasteiger partial charge on any atom is -0.472 e. The van der Waals surface area contributed by atoms with Crippen LogP contribution in [0.2, 0.25) is 0 Å². The molecule has 2 aromatic rings. The molecule has 17 heavy (non-hydrogen) atoms. The Morgan fingerprint density at radius 2 is 2.00 bits per heavy atom. The van der Waals surface area contributed by atoms with Gasteiger partial charge in [0.1, 0.15) is 0 Å². The smallest absolute Gasteiger partial charge is 0.0975 e. The van der Waals surface area contributed by atoms with Crippen molar-refractivity contribution >= 4 is 16.9 Å². The molecule has 0 aliphatic carbocycles. The third-order valence-corrected chi connectivity index (χ3v) is 3.44. The van der Waals surface area contributed by atoms with Crippen LogP contribution in [0.4, 0.5) is 0 Å². The highest BCUT2D eigenvalue weighted by atomic mass is 32.2. The van der Waals surface area contributed by atoms with Crippen LogP contribution in [0, 0.1) is 6.92 Å². The molecular weight excluding hydrogens is 232 g/mol. The van der Waals surface area contributed by atoms with Gasteiger partial charge in [-0.05, 0) is 24.6 Å². The van der Waals surface area contributed by atoms with Gasteiger partial charge < -0.3 is 4.42 Å². The van der Waals surface area contributed by atoms with Crippen LogP contribution in [-0.2, 0) is 16.6 Å². The molecule has 2 rings (SSSR count). The summed E-state index contributed by atoms with van der Waals surface area (Å²) in [7, 11) is -0.984. The van der Waals surface area contributed by atoms with Crippen molar-refractivity contribution in [3.63, 3.8) is 0 Å². The lowest BCUT2D eigenvalue weighted by Gasteiger charge is -1.98. The van der Waals surface area contributed by atoms with Crippen molar-refractivity contribution < 1.29 is 8.63 Å². The van der Waals surface area contributed by atoms with Crippen LogP contribution in [0.3, 0.4) is 0 Å². The van der Waals surface area contributed by atoms with Crippen molar-refractivity contribution in [3.8, 4) is 0 Å². The molecule has 0 saturated carbocycles. The summed E-state index contributed by atoms with van der Waals surface area (Å²) in [6.07, 6.45) is 5.04. The molecule has 0 N–H and O–H groups in total. The first-order valence-corrected chi connectivity index (χ1v) is 6.75. The Labute approximate surface area is 103 Å². The Morgan fingerprint density at radius 1 is 1.24 bits per heavy atom. The molecule has 0 aliphatic heterocycles. The highest BCUT2D eigenvalue weighted by Crippen LogP contribution is 2.08. The second-order valence-electron chi connectivity index (χ2n) is 3.87. The van der Waals surface area contributed by atoms with E-state index in [0.29, 0.717) is 5.75 Å². The van der Waals surface area contributed by atoms with Crippen LogP contribution in [0.25, 0.3) is 6.08 Å². The lowest BCUT2D eigenvalue weighted by atomic mass is 10.2. The SMILES string of the molecule is Cc1ccc(CS(=O)C=Cc2ccoc2)cc1. The Morgan fingerprint density at radius 3 is 2.65 bits per heavy atom. The summed E-state index contributed by atoms with van der Waals surface area (Å²) in [5.41, 5.74) is 3.24. The largest absolute Gasteiger partial charge is 0.472 e. The van der Waals surface area contributed by atoms with Crippen molar-refractivity contribution in [2.45, 2.75) is 12.7 Å². The van der Waals surface area contributed by atoms with Crippen LogP contribution < -0.4 is 0 Å². The fourth-order valence-corrected chi connectivity index (χ4v) is 2.35. The van der Waals surface area contributed by atoms with Gasteiger partial charge in [-0.2, -0.15) is 0 Å². The minimum absolute atomic E-state index is 0.550. The van der Waals surface area contributed by atoms with Crippen LogP contribution in [-0.4, -0.2) is 4.21 Å². The van der Waals surface area contributed by atoms with Crippen molar-refractivity contribution in [3.05, 3.63) is 65.0 Å². The van der Waals surface area contributed by atoms with Crippen LogP contribution in [0.15, 0.2) is 52.7 Å². The summed E-state index contributed by atoms with van der Waals surface area (Å²) < 4.78 is 16.7. The molecule has 0 fully saturated rings. The Bertz CT molecular complexity index is 510. The van der Waals surface area contributed by atoms with Crippen molar-refractivity contribution in [2.24, 2.45) is 0 Å². The van der Waals surface area contributed by atoms with Crippen molar-refractivity contribution in [1.82, 2.24) is 0 Å². The molecule has 1 heterocycles. The highest BCUT2D eigenvalue weighted by molar-refractivity contribution is 7.87. The first-order chi connectivity index (χ1) is 8.24. The zero-order valence-corrected chi connectivity index (χ0v) is 10.4. The molecule has 88 valence electrons. The van der Waals surface area contributed by atoms with E-state index in [1.165, 1.54) is 5.56 Å². The molecule has 1 aromatic heterocycles. The van der Waals surface area contributed by atoms with Crippen LogP contribution >= 0.6 is 0 Å². The first kappa shape index (κ1) is 11.9. The zero-order valence-electron chi connectivity index (χ0n) is 9.63. The summed E-state index contributed by atoms with van der Waals surface area (Å²) in [5, 5.41) is 1.70. The van der Waals surface area contributed by atoms with E-state index in [1.54, 1.807) is 17.9 Å². The fraction of sp³-hybridized carbons (Fsp3) is 0.143. The molecule has 0 spiro atoms. The maximum Gasteiger partial charge on any atom is 0.0975 e. The molecule has 1 unspecified atom stereocenters. The van der Waals surface area contributed by atoms with Gasteiger partial charge in [0, 0.05) is 11.0 Å². The summed E-state index contributed by atoms with van der Waals surface area (Å²) >= 11 is 0. The van der Waals surface area contributed by atoms with Gasteiger partial charge in [-0.3, -0.25) is 4.21 Å². The van der Waals surface area contributed by atoms with E-state index in [-0.39, 0.29) is 0 Å². The Kier molecular flexibility index (Phi) is 3.94. The number of furan rings is 1. The van der Waals surface area contributed by atoms with Gasteiger partial charge >= 0.3 is 0 Å². The predicted octanol–water partition coefficient (Wildman–Crippen LogP) is 3.51. The lowest BCUT2D eigenvalue weighted by Crippen LogP contribution is -1.91. The normalized spacial score (nSPS) is 13.0. The van der Waals surface area contributed by atoms with Crippen LogP contribution in [0.1, 0.15) is 16.7 Å². The van der Waals surface area contributed by atoms with Crippen molar-refractivity contribution in [1.29, 1.82) is 0 Å². The topological polar surface area (TPSA) is 30.2 Å². The average molecular weight is 246 g/mol. The van der Waals surface area contributed by atoms with E-state index in [0.717, 1.165) is 11.1 Å². The maximum absolute atomic E-state index is 11.8. The number of hydrogen-bond acceptors (Lipinski definition) is 2. The third-order valence-electron chi connectivity index (χ3n) is 2.38. The lowest BCUT2D eigenvalue weighted by molar-refractivity contribution is 0.567. The van der Waals surface area contributed by atoms with Gasteiger partial charge in [0.2, 0.25) is 0 Å². The number of hydrogen-bond donors (Lipinski definition) is 0. The third kappa shape index (κ3) is 3.71. The van der Waals surface area contributed by atoms with E-state index in [9.17, 15) is 4.21 Å². The van der Waals surface area contributed by atoms with Gasteiger partial charge in [-0.25, -0.2) is 0 Å². The van der Waals surface area contributed by atoms with E-state index >= 15 is 0 Å². The summed E-state index contributed by atoms with van der Waals surface area (Å²) in [6, 6.07) is 9.93. The highest BCUT2D eigenvalue weighted by Gasteiger charge is 1.98. The van der Waals surface area contributed by atoms with E-state index in [4.69, 9.17) is 4.42 Å². The zero-order chi connectivity index (χ0) is 12.1. The monoisotopic (exact) mass is 246 g/mol. The summed E-state index contributed by atoms with van der Waals surface area (Å²) in [5.74, 6) is 0.550. The quantitative estimate of drug-likeness (QED) is 0.826. The molecule has 0 bridgehead atoms. The maximum atomic E-state index is 11.8. The van der Waals surface area contributed by atoms with E-state index < -0.39 is 10.8 Å². The predicted molar refractivity (Wildman–Crippen MR) is 70.8 cm³/mol. The summed E-state index contributed by atoms with van der Waals surface area (Å²) in [4.78, 5) is 0. The standard InChI is InChI=1S/C14H14O2S/c1-12-2-4-14(5-3-12)11-17(15)9-7-13-6-8-16-10-13/h2-10H,11H2,1H3. The summed E-state index contributed by atoms with van der Waals surface area (Å²) in [6.45, 7) is 2.04. The minimum atomic E-state index is -0.984.